The van der Waals surface area contributed by atoms with Gasteiger partial charge in [-0.25, -0.2) is 18.0 Å². The van der Waals surface area contributed by atoms with E-state index in [0.29, 0.717) is 16.6 Å². The summed E-state index contributed by atoms with van der Waals surface area (Å²) in [5.74, 6) is -4.16. The zero-order chi connectivity index (χ0) is 15.1. The molecule has 0 saturated heterocycles. The third kappa shape index (κ3) is 2.31. The largest absolute Gasteiger partial charge is 0.323 e. The Morgan fingerprint density at radius 3 is 2.43 bits per heavy atom. The lowest BCUT2D eigenvalue weighted by Crippen LogP contribution is -2.01. The molecule has 0 fully saturated rings. The van der Waals surface area contributed by atoms with Gasteiger partial charge in [-0.3, -0.25) is 0 Å². The summed E-state index contributed by atoms with van der Waals surface area (Å²) in [6.07, 6.45) is 0. The van der Waals surface area contributed by atoms with Crippen LogP contribution in [0.25, 0.3) is 11.0 Å². The summed E-state index contributed by atoms with van der Waals surface area (Å²) >= 11 is 6.14. The summed E-state index contributed by atoms with van der Waals surface area (Å²) in [4.78, 5) is 16.3. The number of fused-ring (bicyclic) bond motifs is 1. The van der Waals surface area contributed by atoms with E-state index < -0.39 is 22.8 Å². The molecule has 1 heterocycles. The molecule has 0 aliphatic heterocycles. The monoisotopic (exact) mass is 312 g/mol. The van der Waals surface area contributed by atoms with Gasteiger partial charge in [0.05, 0.1) is 16.4 Å². The summed E-state index contributed by atoms with van der Waals surface area (Å²) < 4.78 is 40.0. The van der Waals surface area contributed by atoms with Crippen molar-refractivity contribution < 1.29 is 13.2 Å². The molecule has 2 N–H and O–H groups in total. The average Bonchev–Trinajstić information content (AvgIpc) is 2.83. The summed E-state index contributed by atoms with van der Waals surface area (Å²) in [5, 5.41) is -1.01. The summed E-state index contributed by atoms with van der Waals surface area (Å²) in [7, 11) is 0. The first-order chi connectivity index (χ1) is 9.97. The number of benzene rings is 2. The minimum atomic E-state index is -1.56. The van der Waals surface area contributed by atoms with E-state index in [2.05, 4.69) is 9.97 Å². The van der Waals surface area contributed by atoms with Crippen molar-refractivity contribution >= 4 is 22.6 Å². The fraction of sp³-hybridized carbons (Fsp3) is 0.0714. The number of halogens is 4. The van der Waals surface area contributed by atoms with Crippen LogP contribution in [0.3, 0.4) is 0 Å². The molecule has 1 aromatic heterocycles. The van der Waals surface area contributed by atoms with Crippen LogP contribution in [-0.4, -0.2) is 9.97 Å². The van der Waals surface area contributed by atoms with E-state index in [1.165, 1.54) is 0 Å². The van der Waals surface area contributed by atoms with Crippen molar-refractivity contribution in [1.82, 2.24) is 9.97 Å². The summed E-state index contributed by atoms with van der Waals surface area (Å²) in [6.45, 7) is 0. The highest BCUT2D eigenvalue weighted by Crippen LogP contribution is 2.32. The average molecular weight is 313 g/mol. The van der Waals surface area contributed by atoms with E-state index in [1.807, 2.05) is 0 Å². The van der Waals surface area contributed by atoms with Gasteiger partial charge in [-0.1, -0.05) is 12.1 Å². The molecule has 7 heteroatoms. The standard InChI is InChI=1S/C14H8ClF3N2O/c15-11(7-2-3-8(16)13(18)12(7)17)6-1-4-9-10(5-6)20-14(21)19-9/h1-5,11H,(H2,19,20,21). The van der Waals surface area contributed by atoms with Gasteiger partial charge in [0.25, 0.3) is 0 Å². The van der Waals surface area contributed by atoms with Crippen LogP contribution in [0.2, 0.25) is 0 Å². The number of hydrogen-bond acceptors (Lipinski definition) is 1. The van der Waals surface area contributed by atoms with Crippen LogP contribution in [0.4, 0.5) is 13.2 Å². The van der Waals surface area contributed by atoms with Crippen molar-refractivity contribution in [2.24, 2.45) is 0 Å². The van der Waals surface area contributed by atoms with Crippen LogP contribution in [0, 0.1) is 17.5 Å². The molecule has 3 rings (SSSR count). The molecule has 3 aromatic rings. The SMILES string of the molecule is O=c1[nH]c2ccc(C(Cl)c3ccc(F)c(F)c3F)cc2[nH]1. The molecule has 21 heavy (non-hydrogen) atoms. The molecule has 0 bridgehead atoms. The summed E-state index contributed by atoms with van der Waals surface area (Å²) in [5.41, 5.74) is 0.953. The number of aromatic nitrogens is 2. The number of alkyl halides is 1. The molecule has 0 amide bonds. The second-order valence-corrected chi connectivity index (χ2v) is 4.95. The van der Waals surface area contributed by atoms with Gasteiger partial charge in [0.2, 0.25) is 0 Å². The van der Waals surface area contributed by atoms with Crippen LogP contribution >= 0.6 is 11.6 Å². The molecule has 108 valence electrons. The van der Waals surface area contributed by atoms with Crippen LogP contribution in [0.5, 0.6) is 0 Å². The van der Waals surface area contributed by atoms with Crippen LogP contribution in [0.1, 0.15) is 16.5 Å². The highest BCUT2D eigenvalue weighted by atomic mass is 35.5. The maximum Gasteiger partial charge on any atom is 0.323 e. The Labute approximate surface area is 121 Å². The maximum atomic E-state index is 13.8. The van der Waals surface area contributed by atoms with Gasteiger partial charge in [-0.05, 0) is 23.8 Å². The molecule has 0 aliphatic carbocycles. The topological polar surface area (TPSA) is 48.6 Å². The Bertz CT molecular complexity index is 888. The van der Waals surface area contributed by atoms with Crippen molar-refractivity contribution in [3.63, 3.8) is 0 Å². The normalized spacial score (nSPS) is 12.8. The fourth-order valence-electron chi connectivity index (χ4n) is 2.12. The highest BCUT2D eigenvalue weighted by Gasteiger charge is 2.21. The molecule has 1 atom stereocenters. The number of aromatic amines is 2. The smallest absolute Gasteiger partial charge is 0.306 e. The van der Waals surface area contributed by atoms with E-state index in [0.717, 1.165) is 12.1 Å². The van der Waals surface area contributed by atoms with Crippen molar-refractivity contribution in [2.75, 3.05) is 0 Å². The van der Waals surface area contributed by atoms with Crippen molar-refractivity contribution in [3.8, 4) is 0 Å². The van der Waals surface area contributed by atoms with Gasteiger partial charge in [0, 0.05) is 5.56 Å². The molecule has 2 aromatic carbocycles. The molecule has 0 spiro atoms. The van der Waals surface area contributed by atoms with Gasteiger partial charge >= 0.3 is 5.69 Å². The zero-order valence-electron chi connectivity index (χ0n) is 10.4. The first kappa shape index (κ1) is 13.8. The second kappa shape index (κ2) is 4.96. The minimum absolute atomic E-state index is 0.173. The minimum Gasteiger partial charge on any atom is -0.306 e. The van der Waals surface area contributed by atoms with Crippen LogP contribution in [0.15, 0.2) is 35.1 Å². The third-order valence-corrected chi connectivity index (χ3v) is 3.66. The van der Waals surface area contributed by atoms with E-state index in [-0.39, 0.29) is 11.3 Å². The Balaban J connectivity index is 2.09. The second-order valence-electron chi connectivity index (χ2n) is 4.51. The zero-order valence-corrected chi connectivity index (χ0v) is 11.1. The summed E-state index contributed by atoms with van der Waals surface area (Å²) in [6, 6.07) is 6.63. The van der Waals surface area contributed by atoms with E-state index in [4.69, 9.17) is 11.6 Å². The Morgan fingerprint density at radius 2 is 1.67 bits per heavy atom. The lowest BCUT2D eigenvalue weighted by Gasteiger charge is -2.12. The van der Waals surface area contributed by atoms with E-state index in [9.17, 15) is 18.0 Å². The Kier molecular flexibility index (Phi) is 3.25. The molecule has 0 saturated carbocycles. The molecule has 1 unspecified atom stereocenters. The predicted octanol–water partition coefficient (Wildman–Crippen LogP) is 3.60. The lowest BCUT2D eigenvalue weighted by molar-refractivity contribution is 0.441. The molecule has 0 radical (unpaired) electrons. The van der Waals surface area contributed by atoms with E-state index >= 15 is 0 Å². The van der Waals surface area contributed by atoms with Gasteiger partial charge < -0.3 is 9.97 Å². The van der Waals surface area contributed by atoms with Crippen LogP contribution < -0.4 is 5.69 Å². The molecular formula is C14H8ClF3N2O. The number of hydrogen-bond donors (Lipinski definition) is 2. The molecule has 3 nitrogen and oxygen atoms in total. The first-order valence-corrected chi connectivity index (χ1v) is 6.40. The predicted molar refractivity (Wildman–Crippen MR) is 72.9 cm³/mol. The van der Waals surface area contributed by atoms with Crippen molar-refractivity contribution in [3.05, 3.63) is 69.4 Å². The van der Waals surface area contributed by atoms with Gasteiger partial charge in [0.1, 0.15) is 0 Å². The quantitative estimate of drug-likeness (QED) is 0.551. The number of imidazole rings is 1. The van der Waals surface area contributed by atoms with E-state index in [1.54, 1.807) is 18.2 Å². The van der Waals surface area contributed by atoms with Crippen molar-refractivity contribution in [1.29, 1.82) is 0 Å². The van der Waals surface area contributed by atoms with Crippen LogP contribution in [-0.2, 0) is 0 Å². The van der Waals surface area contributed by atoms with Crippen molar-refractivity contribution in [2.45, 2.75) is 5.38 Å². The Morgan fingerprint density at radius 1 is 0.952 bits per heavy atom. The number of H-pyrrole nitrogens is 2. The lowest BCUT2D eigenvalue weighted by atomic mass is 10.0. The number of nitrogens with one attached hydrogen (secondary N) is 2. The first-order valence-electron chi connectivity index (χ1n) is 5.97. The van der Waals surface area contributed by atoms with Gasteiger partial charge in [0.15, 0.2) is 17.5 Å². The molecular weight excluding hydrogens is 305 g/mol. The number of rotatable bonds is 2. The Hall–Kier alpha value is -2.21. The van der Waals surface area contributed by atoms with Gasteiger partial charge in [-0.15, -0.1) is 11.6 Å². The molecule has 0 aliphatic rings. The third-order valence-electron chi connectivity index (χ3n) is 3.17. The van der Waals surface area contributed by atoms with Gasteiger partial charge in [-0.2, -0.15) is 0 Å². The highest BCUT2D eigenvalue weighted by molar-refractivity contribution is 6.22. The maximum absolute atomic E-state index is 13.8. The fourth-order valence-corrected chi connectivity index (χ4v) is 2.43.